The molecule has 4 heterocycles. The van der Waals surface area contributed by atoms with E-state index in [1.54, 1.807) is 0 Å². The molecule has 1 saturated heterocycles. The third-order valence-corrected chi connectivity index (χ3v) is 6.77. The summed E-state index contributed by atoms with van der Waals surface area (Å²) in [5.74, 6) is 0.831. The van der Waals surface area contributed by atoms with Crippen molar-refractivity contribution in [2.45, 2.75) is 6.42 Å². The highest BCUT2D eigenvalue weighted by Crippen LogP contribution is 2.31. The van der Waals surface area contributed by atoms with Crippen LogP contribution < -0.4 is 9.80 Å². The molecule has 0 radical (unpaired) electrons. The SMILES string of the molecule is CN1CCCN(c2ccc(N(C)c3nc4ccc(-c5cn[nH]c5)cc4n4ccnc34)cc2)CC1. The van der Waals surface area contributed by atoms with Crippen LogP contribution in [0, 0.1) is 0 Å². The molecule has 0 bridgehead atoms. The van der Waals surface area contributed by atoms with Gasteiger partial charge in [0.1, 0.15) is 0 Å². The average molecular weight is 453 g/mol. The van der Waals surface area contributed by atoms with E-state index in [1.165, 1.54) is 12.1 Å². The van der Waals surface area contributed by atoms with E-state index in [4.69, 9.17) is 4.98 Å². The molecule has 1 fully saturated rings. The molecular weight excluding hydrogens is 424 g/mol. The number of aromatic nitrogens is 5. The van der Waals surface area contributed by atoms with Crippen molar-refractivity contribution in [1.29, 1.82) is 0 Å². The van der Waals surface area contributed by atoms with E-state index < -0.39 is 0 Å². The molecule has 0 spiro atoms. The lowest BCUT2D eigenvalue weighted by Crippen LogP contribution is -2.28. The lowest BCUT2D eigenvalue weighted by atomic mass is 10.1. The summed E-state index contributed by atoms with van der Waals surface area (Å²) < 4.78 is 2.11. The van der Waals surface area contributed by atoms with Crippen LogP contribution >= 0.6 is 0 Å². The number of anilines is 3. The Labute approximate surface area is 198 Å². The number of nitrogens with one attached hydrogen (secondary N) is 1. The highest BCUT2D eigenvalue weighted by Gasteiger charge is 2.17. The van der Waals surface area contributed by atoms with Crippen LogP contribution in [0.2, 0.25) is 0 Å². The van der Waals surface area contributed by atoms with Gasteiger partial charge in [0, 0.05) is 62.2 Å². The van der Waals surface area contributed by atoms with Gasteiger partial charge in [-0.05, 0) is 62.0 Å². The van der Waals surface area contributed by atoms with E-state index in [9.17, 15) is 0 Å². The van der Waals surface area contributed by atoms with Gasteiger partial charge in [-0.15, -0.1) is 0 Å². The van der Waals surface area contributed by atoms with Crippen molar-refractivity contribution >= 4 is 33.9 Å². The Morgan fingerprint density at radius 2 is 1.85 bits per heavy atom. The second-order valence-electron chi connectivity index (χ2n) is 8.97. The first-order valence-electron chi connectivity index (χ1n) is 11.7. The lowest BCUT2D eigenvalue weighted by Gasteiger charge is -2.24. The van der Waals surface area contributed by atoms with Crippen LogP contribution in [-0.4, -0.2) is 69.7 Å². The number of aromatic amines is 1. The van der Waals surface area contributed by atoms with Crippen LogP contribution in [0.1, 0.15) is 6.42 Å². The molecule has 0 saturated carbocycles. The maximum absolute atomic E-state index is 5.01. The molecule has 8 heteroatoms. The minimum Gasteiger partial charge on any atom is -0.370 e. The minimum atomic E-state index is 0.831. The van der Waals surface area contributed by atoms with Gasteiger partial charge in [-0.3, -0.25) is 9.50 Å². The van der Waals surface area contributed by atoms with Gasteiger partial charge in [-0.2, -0.15) is 5.10 Å². The molecule has 3 aromatic heterocycles. The average Bonchev–Trinajstić information content (AvgIpc) is 3.54. The van der Waals surface area contributed by atoms with E-state index in [1.807, 2.05) is 24.8 Å². The minimum absolute atomic E-state index is 0.831. The summed E-state index contributed by atoms with van der Waals surface area (Å²) in [6.07, 6.45) is 8.75. The Kier molecular flexibility index (Phi) is 5.15. The molecule has 0 amide bonds. The number of H-pyrrole nitrogens is 1. The Bertz CT molecular complexity index is 1420. The van der Waals surface area contributed by atoms with Gasteiger partial charge >= 0.3 is 0 Å². The lowest BCUT2D eigenvalue weighted by molar-refractivity contribution is 0.360. The van der Waals surface area contributed by atoms with E-state index in [0.29, 0.717) is 0 Å². The number of hydrogen-bond donors (Lipinski definition) is 1. The molecule has 0 unspecified atom stereocenters. The first kappa shape index (κ1) is 20.7. The zero-order chi connectivity index (χ0) is 23.1. The van der Waals surface area contributed by atoms with Crippen molar-refractivity contribution in [3.8, 4) is 11.1 Å². The van der Waals surface area contributed by atoms with Crippen molar-refractivity contribution < 1.29 is 0 Å². The standard InChI is InChI=1S/C26H28N8/c1-31-11-3-12-33(15-14-31)22-7-5-21(6-8-22)32(2)26-25-27-10-13-34(25)24-16-19(4-9-23(24)30-26)20-17-28-29-18-20/h4-10,13,16-18H,3,11-12,14-15H2,1-2H3,(H,28,29). The predicted molar refractivity (Wildman–Crippen MR) is 137 cm³/mol. The largest absolute Gasteiger partial charge is 0.370 e. The second kappa shape index (κ2) is 8.46. The van der Waals surface area contributed by atoms with Gasteiger partial charge < -0.3 is 14.7 Å². The first-order chi connectivity index (χ1) is 16.7. The van der Waals surface area contributed by atoms with Crippen molar-refractivity contribution in [3.63, 3.8) is 0 Å². The molecule has 6 rings (SSSR count). The zero-order valence-corrected chi connectivity index (χ0v) is 19.5. The van der Waals surface area contributed by atoms with Crippen LogP contribution in [0.25, 0.3) is 27.8 Å². The van der Waals surface area contributed by atoms with Gasteiger partial charge in [0.2, 0.25) is 0 Å². The Morgan fingerprint density at radius 3 is 2.68 bits per heavy atom. The summed E-state index contributed by atoms with van der Waals surface area (Å²) >= 11 is 0. The van der Waals surface area contributed by atoms with Crippen LogP contribution in [0.4, 0.5) is 17.2 Å². The van der Waals surface area contributed by atoms with E-state index in [0.717, 1.165) is 65.5 Å². The molecule has 1 N–H and O–H groups in total. The molecule has 8 nitrogen and oxygen atoms in total. The number of rotatable bonds is 4. The summed E-state index contributed by atoms with van der Waals surface area (Å²) in [5.41, 5.74) is 7.27. The third kappa shape index (κ3) is 3.66. The molecular formula is C26H28N8. The number of imidazole rings is 1. The predicted octanol–water partition coefficient (Wildman–Crippen LogP) is 4.18. The quantitative estimate of drug-likeness (QED) is 0.441. The van der Waals surface area contributed by atoms with Crippen LogP contribution in [0.3, 0.4) is 0 Å². The van der Waals surface area contributed by atoms with E-state index in [-0.39, 0.29) is 0 Å². The topological polar surface area (TPSA) is 68.6 Å². The monoisotopic (exact) mass is 452 g/mol. The van der Waals surface area contributed by atoms with E-state index >= 15 is 0 Å². The summed E-state index contributed by atoms with van der Waals surface area (Å²) in [7, 11) is 4.26. The van der Waals surface area contributed by atoms with Crippen LogP contribution in [0.5, 0.6) is 0 Å². The maximum Gasteiger partial charge on any atom is 0.181 e. The summed E-state index contributed by atoms with van der Waals surface area (Å²) in [6, 6.07) is 15.1. The Hall–Kier alpha value is -3.91. The van der Waals surface area contributed by atoms with Crippen molar-refractivity contribution in [1.82, 2.24) is 29.5 Å². The van der Waals surface area contributed by atoms with E-state index in [2.05, 4.69) is 90.8 Å². The smallest absolute Gasteiger partial charge is 0.181 e. The number of nitrogens with zero attached hydrogens (tertiary/aromatic N) is 7. The molecule has 0 atom stereocenters. The zero-order valence-electron chi connectivity index (χ0n) is 19.5. The fraction of sp³-hybridized carbons (Fsp3) is 0.269. The highest BCUT2D eigenvalue weighted by molar-refractivity contribution is 5.88. The molecule has 34 heavy (non-hydrogen) atoms. The molecule has 0 aliphatic carbocycles. The molecule has 1 aliphatic rings. The van der Waals surface area contributed by atoms with Gasteiger partial charge in [0.25, 0.3) is 0 Å². The maximum atomic E-state index is 5.01. The van der Waals surface area contributed by atoms with Gasteiger partial charge in [-0.25, -0.2) is 9.97 Å². The Morgan fingerprint density at radius 1 is 0.971 bits per heavy atom. The molecule has 172 valence electrons. The van der Waals surface area contributed by atoms with Crippen molar-refractivity contribution in [2.75, 3.05) is 50.1 Å². The fourth-order valence-electron chi connectivity index (χ4n) is 4.77. The third-order valence-electron chi connectivity index (χ3n) is 6.77. The molecule has 5 aromatic rings. The van der Waals surface area contributed by atoms with Crippen molar-refractivity contribution in [3.05, 3.63) is 67.3 Å². The Balaban J connectivity index is 1.34. The number of benzene rings is 2. The second-order valence-corrected chi connectivity index (χ2v) is 8.97. The molecule has 1 aliphatic heterocycles. The summed E-state index contributed by atoms with van der Waals surface area (Å²) in [6.45, 7) is 4.42. The summed E-state index contributed by atoms with van der Waals surface area (Å²) in [5, 5.41) is 6.96. The number of fused-ring (bicyclic) bond motifs is 3. The van der Waals surface area contributed by atoms with Gasteiger partial charge in [0.05, 0.1) is 17.2 Å². The van der Waals surface area contributed by atoms with Crippen LogP contribution in [0.15, 0.2) is 67.3 Å². The number of hydrogen-bond acceptors (Lipinski definition) is 6. The first-order valence-corrected chi connectivity index (χ1v) is 11.7. The fourth-order valence-corrected chi connectivity index (χ4v) is 4.77. The molecule has 2 aromatic carbocycles. The number of likely N-dealkylation sites (N-methyl/N-ethyl adjacent to an activating group) is 1. The van der Waals surface area contributed by atoms with Crippen LogP contribution in [-0.2, 0) is 0 Å². The van der Waals surface area contributed by atoms with Gasteiger partial charge in [-0.1, -0.05) is 6.07 Å². The normalized spacial score (nSPS) is 15.2. The van der Waals surface area contributed by atoms with Gasteiger partial charge in [0.15, 0.2) is 11.5 Å². The highest BCUT2D eigenvalue weighted by atomic mass is 15.2. The summed E-state index contributed by atoms with van der Waals surface area (Å²) in [4.78, 5) is 16.7. The van der Waals surface area contributed by atoms with Crippen molar-refractivity contribution in [2.24, 2.45) is 0 Å².